The van der Waals surface area contributed by atoms with Gasteiger partial charge in [0.05, 0.1) is 20.6 Å². The second kappa shape index (κ2) is 11.8. The van der Waals surface area contributed by atoms with Gasteiger partial charge in [0, 0.05) is 28.5 Å². The van der Waals surface area contributed by atoms with Gasteiger partial charge in [-0.2, -0.15) is 0 Å². The van der Waals surface area contributed by atoms with E-state index >= 15 is 0 Å². The molecule has 0 spiro atoms. The fourth-order valence-electron chi connectivity index (χ4n) is 4.12. The van der Waals surface area contributed by atoms with Crippen molar-refractivity contribution in [3.63, 3.8) is 0 Å². The van der Waals surface area contributed by atoms with Crippen molar-refractivity contribution >= 4 is 58.3 Å². The first kappa shape index (κ1) is 27.8. The lowest BCUT2D eigenvalue weighted by molar-refractivity contribution is -0.132. The number of fused-ring (bicyclic) bond motifs is 1. The standard InChI is InChI=1S/C30H23Cl3N2O5/c1-16(30(36)37)6-13-25(34-2)39-24-12-9-18-14-19(10-11-20(18)27(24)33)38-15-21-28(35-40-29(21)17-7-8-17)26-22(31)4-3-5-23(26)32/h3-6,9-14,17H,2,7-8,15H2,1H3,(H,36,37)/b16-6+,25-13+. The fourth-order valence-corrected chi connectivity index (χ4v) is 4.97. The molecule has 0 aliphatic heterocycles. The van der Waals surface area contributed by atoms with Crippen LogP contribution in [-0.2, 0) is 11.4 Å². The summed E-state index contributed by atoms with van der Waals surface area (Å²) in [7, 11) is 0. The minimum Gasteiger partial charge on any atom is -0.489 e. The van der Waals surface area contributed by atoms with Crippen molar-refractivity contribution < 1.29 is 23.9 Å². The Morgan fingerprint density at radius 1 is 1.15 bits per heavy atom. The predicted molar refractivity (Wildman–Crippen MR) is 157 cm³/mol. The molecular weight excluding hydrogens is 575 g/mol. The van der Waals surface area contributed by atoms with Crippen molar-refractivity contribution in [2.24, 2.45) is 4.99 Å². The van der Waals surface area contributed by atoms with E-state index in [1.54, 1.807) is 24.3 Å². The van der Waals surface area contributed by atoms with Crippen LogP contribution in [0.3, 0.4) is 0 Å². The highest BCUT2D eigenvalue weighted by Gasteiger charge is 2.33. The van der Waals surface area contributed by atoms with Crippen LogP contribution in [0.2, 0.25) is 15.1 Å². The number of aromatic nitrogens is 1. The van der Waals surface area contributed by atoms with E-state index in [1.807, 2.05) is 24.3 Å². The highest BCUT2D eigenvalue weighted by atomic mass is 35.5. The van der Waals surface area contributed by atoms with Gasteiger partial charge in [-0.1, -0.05) is 52.1 Å². The largest absolute Gasteiger partial charge is 0.489 e. The fraction of sp³-hybridized carbons (Fsp3) is 0.167. The maximum absolute atomic E-state index is 11.0. The molecule has 204 valence electrons. The van der Waals surface area contributed by atoms with E-state index in [9.17, 15) is 4.79 Å². The van der Waals surface area contributed by atoms with Crippen molar-refractivity contribution in [3.05, 3.63) is 98.5 Å². The highest BCUT2D eigenvalue weighted by Crippen LogP contribution is 2.46. The van der Waals surface area contributed by atoms with E-state index < -0.39 is 5.97 Å². The Labute approximate surface area is 245 Å². The van der Waals surface area contributed by atoms with Gasteiger partial charge in [-0.15, -0.1) is 0 Å². The molecule has 4 aromatic rings. The van der Waals surface area contributed by atoms with Crippen LogP contribution in [0.5, 0.6) is 11.5 Å². The summed E-state index contributed by atoms with van der Waals surface area (Å²) in [5, 5.41) is 16.2. The van der Waals surface area contributed by atoms with Crippen molar-refractivity contribution in [2.45, 2.75) is 32.3 Å². The molecule has 3 aromatic carbocycles. The Bertz CT molecular complexity index is 1670. The average Bonchev–Trinajstić information content (AvgIpc) is 3.70. The lowest BCUT2D eigenvalue weighted by Crippen LogP contribution is -2.00. The van der Waals surface area contributed by atoms with Gasteiger partial charge >= 0.3 is 5.97 Å². The first-order valence-corrected chi connectivity index (χ1v) is 13.4. The first-order chi connectivity index (χ1) is 19.3. The number of hydrogen-bond acceptors (Lipinski definition) is 6. The van der Waals surface area contributed by atoms with Crippen LogP contribution < -0.4 is 9.47 Å². The van der Waals surface area contributed by atoms with Crippen LogP contribution >= 0.6 is 34.8 Å². The number of halogens is 3. The second-order valence-corrected chi connectivity index (χ2v) is 10.4. The molecular formula is C30H23Cl3N2O5. The number of rotatable bonds is 10. The molecule has 1 aliphatic rings. The third-order valence-corrected chi connectivity index (χ3v) is 7.44. The van der Waals surface area contributed by atoms with E-state index in [0.717, 1.165) is 34.9 Å². The third-order valence-electron chi connectivity index (χ3n) is 6.42. The number of aliphatic imine (C=N–C) groups is 1. The smallest absolute Gasteiger partial charge is 0.331 e. The number of carbonyl (C=O) groups is 1. The summed E-state index contributed by atoms with van der Waals surface area (Å²) in [5.41, 5.74) is 2.15. The molecule has 10 heteroatoms. The summed E-state index contributed by atoms with van der Waals surface area (Å²) in [4.78, 5) is 14.8. The Morgan fingerprint density at radius 3 is 2.58 bits per heavy atom. The molecule has 5 rings (SSSR count). The van der Waals surface area contributed by atoms with Crippen molar-refractivity contribution in [3.8, 4) is 22.8 Å². The van der Waals surface area contributed by atoms with Crippen LogP contribution in [-0.4, -0.2) is 23.0 Å². The van der Waals surface area contributed by atoms with Crippen LogP contribution in [0.15, 0.2) is 81.7 Å². The number of hydrogen-bond donors (Lipinski definition) is 1. The second-order valence-electron chi connectivity index (χ2n) is 9.21. The van der Waals surface area contributed by atoms with Crippen molar-refractivity contribution in [1.82, 2.24) is 5.16 Å². The SMILES string of the molecule is C=N/C(=C\C=C(/C)C(=O)O)Oc1ccc2cc(OCc3c(-c4c(Cl)cccc4Cl)noc3C3CC3)ccc2c1Cl. The summed E-state index contributed by atoms with van der Waals surface area (Å²) in [5.74, 6) is 1.14. The molecule has 1 aliphatic carbocycles. The number of allylic oxidation sites excluding steroid dienone is 2. The Balaban J connectivity index is 1.39. The molecule has 1 heterocycles. The molecule has 1 aromatic heterocycles. The maximum Gasteiger partial charge on any atom is 0.331 e. The van der Waals surface area contributed by atoms with Gasteiger partial charge in [-0.05, 0) is 74.3 Å². The molecule has 0 radical (unpaired) electrons. The monoisotopic (exact) mass is 596 g/mol. The van der Waals surface area contributed by atoms with Gasteiger partial charge in [-0.3, -0.25) is 0 Å². The van der Waals surface area contributed by atoms with Gasteiger partial charge in [0.25, 0.3) is 0 Å². The molecule has 1 N–H and O–H groups in total. The molecule has 0 atom stereocenters. The van der Waals surface area contributed by atoms with Gasteiger partial charge in [0.15, 0.2) is 0 Å². The molecule has 0 amide bonds. The van der Waals surface area contributed by atoms with Crippen LogP contribution in [0.1, 0.15) is 37.0 Å². The zero-order valence-electron chi connectivity index (χ0n) is 21.3. The Hall–Kier alpha value is -3.78. The lowest BCUT2D eigenvalue weighted by Gasteiger charge is -2.12. The topological polar surface area (TPSA) is 94.2 Å². The van der Waals surface area contributed by atoms with E-state index in [0.29, 0.717) is 43.7 Å². The number of aliphatic carboxylic acids is 1. The van der Waals surface area contributed by atoms with Gasteiger partial charge < -0.3 is 19.1 Å². The van der Waals surface area contributed by atoms with Crippen LogP contribution in [0.25, 0.3) is 22.0 Å². The minimum atomic E-state index is -1.04. The number of carboxylic acids is 1. The van der Waals surface area contributed by atoms with Crippen molar-refractivity contribution in [2.75, 3.05) is 0 Å². The highest BCUT2D eigenvalue weighted by molar-refractivity contribution is 6.39. The quantitative estimate of drug-likeness (QED) is 0.0849. The lowest BCUT2D eigenvalue weighted by atomic mass is 10.0. The van der Waals surface area contributed by atoms with E-state index in [-0.39, 0.29) is 18.1 Å². The number of benzene rings is 3. The number of carboxylic acid groups (broad SMARTS) is 1. The summed E-state index contributed by atoms with van der Waals surface area (Å²) in [6.07, 6.45) is 4.85. The third kappa shape index (κ3) is 5.87. The summed E-state index contributed by atoms with van der Waals surface area (Å²) in [6.45, 7) is 5.16. The molecule has 0 unspecified atom stereocenters. The number of nitrogens with zero attached hydrogens (tertiary/aromatic N) is 2. The summed E-state index contributed by atoms with van der Waals surface area (Å²) < 4.78 is 17.7. The normalized spacial score (nSPS) is 13.9. The van der Waals surface area contributed by atoms with Crippen LogP contribution in [0, 0.1) is 0 Å². The molecule has 0 saturated heterocycles. The van der Waals surface area contributed by atoms with Crippen LogP contribution in [0.4, 0.5) is 0 Å². The zero-order chi connectivity index (χ0) is 28.4. The van der Waals surface area contributed by atoms with E-state index in [4.69, 9.17) is 53.9 Å². The summed E-state index contributed by atoms with van der Waals surface area (Å²) in [6, 6.07) is 14.4. The zero-order valence-corrected chi connectivity index (χ0v) is 23.6. The Kier molecular flexibility index (Phi) is 8.17. The van der Waals surface area contributed by atoms with E-state index in [1.165, 1.54) is 19.1 Å². The van der Waals surface area contributed by atoms with Gasteiger partial charge in [0.1, 0.15) is 29.6 Å². The van der Waals surface area contributed by atoms with Gasteiger partial charge in [0.2, 0.25) is 5.88 Å². The molecule has 0 bridgehead atoms. The summed E-state index contributed by atoms with van der Waals surface area (Å²) >= 11 is 19.6. The number of ether oxygens (including phenoxy) is 2. The average molecular weight is 598 g/mol. The molecule has 40 heavy (non-hydrogen) atoms. The maximum atomic E-state index is 11.0. The predicted octanol–water partition coefficient (Wildman–Crippen LogP) is 8.86. The first-order valence-electron chi connectivity index (χ1n) is 12.3. The van der Waals surface area contributed by atoms with Gasteiger partial charge in [-0.25, -0.2) is 9.79 Å². The molecule has 1 saturated carbocycles. The van der Waals surface area contributed by atoms with Crippen molar-refractivity contribution in [1.29, 1.82) is 0 Å². The minimum absolute atomic E-state index is 0.108. The molecule has 1 fully saturated rings. The van der Waals surface area contributed by atoms with E-state index in [2.05, 4.69) is 16.9 Å². The molecule has 7 nitrogen and oxygen atoms in total. The Morgan fingerprint density at radius 2 is 1.90 bits per heavy atom.